The van der Waals surface area contributed by atoms with Crippen molar-refractivity contribution in [2.24, 2.45) is 0 Å². The van der Waals surface area contributed by atoms with Crippen LogP contribution >= 0.6 is 0 Å². The van der Waals surface area contributed by atoms with Crippen LogP contribution in [0, 0.1) is 0 Å². The molecule has 0 aromatic heterocycles. The third-order valence-electron chi connectivity index (χ3n) is 13.3. The van der Waals surface area contributed by atoms with Gasteiger partial charge in [-0.2, -0.15) is 0 Å². The van der Waals surface area contributed by atoms with Crippen LogP contribution in [0.1, 0.15) is 11.1 Å². The Morgan fingerprint density at radius 3 is 0.939 bits per heavy atom. The Balaban J connectivity index is 0.851. The smallest absolute Gasteiger partial charge is 0.00264 e. The fraction of sp³-hybridized carbons (Fsp3) is 0. The van der Waals surface area contributed by atoms with E-state index in [4.69, 9.17) is 0 Å². The topological polar surface area (TPSA) is 0 Å². The van der Waals surface area contributed by atoms with Crippen LogP contribution in [0.2, 0.25) is 0 Å². The van der Waals surface area contributed by atoms with Crippen LogP contribution in [-0.4, -0.2) is 0 Å². The van der Waals surface area contributed by atoms with Gasteiger partial charge in [0.1, 0.15) is 0 Å². The summed E-state index contributed by atoms with van der Waals surface area (Å²) in [6.45, 7) is 0. The maximum Gasteiger partial charge on any atom is -0.00264 e. The zero-order valence-corrected chi connectivity index (χ0v) is 36.4. The van der Waals surface area contributed by atoms with E-state index < -0.39 is 0 Å². The van der Waals surface area contributed by atoms with Crippen molar-refractivity contribution in [1.29, 1.82) is 0 Å². The molecule has 12 aromatic rings. The summed E-state index contributed by atoms with van der Waals surface area (Å²) in [5.74, 6) is 0. The Labute approximate surface area is 386 Å². The monoisotopic (exact) mass is 836 g/mol. The fourth-order valence-corrected chi connectivity index (χ4v) is 10.3. The minimum atomic E-state index is 1.16. The Morgan fingerprint density at radius 2 is 0.515 bits per heavy atom. The second-order valence-electron chi connectivity index (χ2n) is 17.1. The highest BCUT2D eigenvalue weighted by atomic mass is 14.2. The van der Waals surface area contributed by atoms with Crippen molar-refractivity contribution in [3.8, 4) is 66.8 Å². The lowest BCUT2D eigenvalue weighted by Gasteiger charge is -2.18. The molecule has 0 radical (unpaired) electrons. The molecule has 12 rings (SSSR count). The van der Waals surface area contributed by atoms with E-state index in [1.807, 2.05) is 0 Å². The zero-order valence-electron chi connectivity index (χ0n) is 36.4. The van der Waals surface area contributed by atoms with Gasteiger partial charge in [-0.1, -0.05) is 261 Å². The predicted molar refractivity (Wildman–Crippen MR) is 284 cm³/mol. The lowest BCUT2D eigenvalue weighted by molar-refractivity contribution is 1.58. The highest BCUT2D eigenvalue weighted by Crippen LogP contribution is 2.46. The molecule has 0 aliphatic rings. The van der Waals surface area contributed by atoms with Crippen LogP contribution in [0.4, 0.5) is 0 Å². The van der Waals surface area contributed by atoms with Crippen LogP contribution in [0.5, 0.6) is 0 Å². The summed E-state index contributed by atoms with van der Waals surface area (Å²) >= 11 is 0. The Bertz CT molecular complexity index is 3650. The molecule has 0 atom stereocenters. The molecule has 0 fully saturated rings. The lowest BCUT2D eigenvalue weighted by atomic mass is 9.85. The van der Waals surface area contributed by atoms with Gasteiger partial charge in [-0.05, 0) is 127 Å². The maximum atomic E-state index is 2.30. The van der Waals surface area contributed by atoms with Gasteiger partial charge in [-0.25, -0.2) is 0 Å². The number of hydrogen-bond acceptors (Lipinski definition) is 0. The first-order valence-corrected chi connectivity index (χ1v) is 22.8. The van der Waals surface area contributed by atoms with Crippen molar-refractivity contribution in [3.05, 3.63) is 266 Å². The molecule has 0 heteroatoms. The summed E-state index contributed by atoms with van der Waals surface area (Å²) in [6, 6.07) is 92.9. The first kappa shape index (κ1) is 39.0. The number of rotatable bonds is 8. The van der Waals surface area contributed by atoms with Gasteiger partial charge in [-0.3, -0.25) is 0 Å². The molecule has 0 bridgehead atoms. The van der Waals surface area contributed by atoms with E-state index in [1.165, 1.54) is 115 Å². The summed E-state index contributed by atoms with van der Waals surface area (Å²) in [6.07, 6.45) is 4.49. The molecule has 12 aromatic carbocycles. The summed E-state index contributed by atoms with van der Waals surface area (Å²) in [5, 5.41) is 10.1. The molecule has 0 spiro atoms. The summed E-state index contributed by atoms with van der Waals surface area (Å²) in [5.41, 5.74) is 17.2. The standard InChI is InChI=1S/C66H44/c1-3-20-49(21-4-1)63-55-26-9-13-30-59(55)65(60-31-14-10-27-56(60)63)51-40-36-46(37-41-51)53-24-17-18-45(44-53)34-35-47-19-7-8-25-54(47)48-38-42-52(43-39-48)66-61-32-15-11-28-57(61)64(50-22-5-2-6-23-50)58-29-12-16-33-62(58)66/h1-44H. The third kappa shape index (κ3) is 6.97. The maximum absolute atomic E-state index is 2.30. The number of benzene rings is 12. The van der Waals surface area contributed by atoms with Crippen molar-refractivity contribution in [2.45, 2.75) is 0 Å². The van der Waals surface area contributed by atoms with E-state index in [1.54, 1.807) is 0 Å². The van der Waals surface area contributed by atoms with Gasteiger partial charge in [0.05, 0.1) is 0 Å². The third-order valence-corrected chi connectivity index (χ3v) is 13.3. The van der Waals surface area contributed by atoms with Crippen LogP contribution in [0.15, 0.2) is 255 Å². The minimum Gasteiger partial charge on any atom is -0.0622 e. The van der Waals surface area contributed by atoms with E-state index in [-0.39, 0.29) is 0 Å². The molecule has 0 amide bonds. The van der Waals surface area contributed by atoms with Crippen LogP contribution < -0.4 is 0 Å². The SMILES string of the molecule is C(=Cc1ccccc1-c1ccc(-c2c3ccccc3c(-c3ccccc3)c3ccccc23)cc1)c1cccc(-c2ccc(-c3c4ccccc4c(-c4ccccc4)c4ccccc34)cc2)c1. The van der Waals surface area contributed by atoms with Gasteiger partial charge < -0.3 is 0 Å². The average Bonchev–Trinajstić information content (AvgIpc) is 3.39. The van der Waals surface area contributed by atoms with E-state index >= 15 is 0 Å². The normalized spacial score (nSPS) is 11.6. The average molecular weight is 837 g/mol. The molecule has 0 heterocycles. The summed E-state index contributed by atoms with van der Waals surface area (Å²) in [4.78, 5) is 0. The van der Waals surface area contributed by atoms with Crippen molar-refractivity contribution >= 4 is 55.2 Å². The van der Waals surface area contributed by atoms with Crippen molar-refractivity contribution in [1.82, 2.24) is 0 Å². The quantitative estimate of drug-likeness (QED) is 0.106. The van der Waals surface area contributed by atoms with E-state index in [2.05, 4.69) is 267 Å². The highest BCUT2D eigenvalue weighted by molar-refractivity contribution is 6.22. The predicted octanol–water partition coefficient (Wildman–Crippen LogP) is 18.5. The van der Waals surface area contributed by atoms with Gasteiger partial charge in [0.2, 0.25) is 0 Å². The van der Waals surface area contributed by atoms with Gasteiger partial charge in [0.25, 0.3) is 0 Å². The van der Waals surface area contributed by atoms with Crippen LogP contribution in [0.25, 0.3) is 122 Å². The Kier molecular flexibility index (Phi) is 9.97. The van der Waals surface area contributed by atoms with Crippen molar-refractivity contribution in [2.75, 3.05) is 0 Å². The first-order valence-electron chi connectivity index (χ1n) is 22.8. The van der Waals surface area contributed by atoms with Gasteiger partial charge >= 0.3 is 0 Å². The van der Waals surface area contributed by atoms with E-state index in [0.29, 0.717) is 0 Å². The molecular formula is C66H44. The molecule has 66 heavy (non-hydrogen) atoms. The Morgan fingerprint density at radius 1 is 0.197 bits per heavy atom. The molecule has 0 nitrogen and oxygen atoms in total. The minimum absolute atomic E-state index is 1.16. The van der Waals surface area contributed by atoms with Gasteiger partial charge in [0.15, 0.2) is 0 Å². The molecule has 0 aliphatic carbocycles. The molecule has 0 N–H and O–H groups in total. The fourth-order valence-electron chi connectivity index (χ4n) is 10.3. The molecule has 0 saturated heterocycles. The molecule has 0 unspecified atom stereocenters. The second kappa shape index (κ2) is 16.8. The van der Waals surface area contributed by atoms with Gasteiger partial charge in [0, 0.05) is 0 Å². The lowest BCUT2D eigenvalue weighted by Crippen LogP contribution is -1.91. The van der Waals surface area contributed by atoms with Crippen LogP contribution in [-0.2, 0) is 0 Å². The molecule has 308 valence electrons. The van der Waals surface area contributed by atoms with E-state index in [9.17, 15) is 0 Å². The number of fused-ring (bicyclic) bond motifs is 4. The van der Waals surface area contributed by atoms with Gasteiger partial charge in [-0.15, -0.1) is 0 Å². The number of hydrogen-bond donors (Lipinski definition) is 0. The summed E-state index contributed by atoms with van der Waals surface area (Å²) < 4.78 is 0. The molecule has 0 aliphatic heterocycles. The molecular weight excluding hydrogens is 793 g/mol. The first-order chi connectivity index (χ1) is 32.8. The second-order valence-corrected chi connectivity index (χ2v) is 17.1. The summed E-state index contributed by atoms with van der Waals surface area (Å²) in [7, 11) is 0. The highest BCUT2D eigenvalue weighted by Gasteiger charge is 2.18. The van der Waals surface area contributed by atoms with Crippen molar-refractivity contribution in [3.63, 3.8) is 0 Å². The largest absolute Gasteiger partial charge is 0.0622 e. The zero-order chi connectivity index (χ0) is 43.8. The van der Waals surface area contributed by atoms with E-state index in [0.717, 1.165) is 5.56 Å². The van der Waals surface area contributed by atoms with Crippen LogP contribution in [0.3, 0.4) is 0 Å². The van der Waals surface area contributed by atoms with Crippen molar-refractivity contribution < 1.29 is 0 Å². The molecule has 0 saturated carbocycles. The Hall–Kier alpha value is -8.58.